The molecular weight excluding hydrogens is 422 g/mol. The summed E-state index contributed by atoms with van der Waals surface area (Å²) in [6.07, 6.45) is 2.63. The molecule has 0 unspecified atom stereocenters. The second-order valence-corrected chi connectivity index (χ2v) is 6.94. The average Bonchev–Trinajstić information content (AvgIpc) is 2.79. The highest BCUT2D eigenvalue weighted by Gasteiger charge is 2.17. The summed E-state index contributed by atoms with van der Waals surface area (Å²) < 4.78 is 29.9. The number of ether oxygens (including phenoxy) is 1. The zero-order valence-electron chi connectivity index (χ0n) is 17.3. The molecule has 1 aromatic heterocycles. The number of halogens is 2. The molecule has 0 fully saturated rings. The van der Waals surface area contributed by atoms with Gasteiger partial charge < -0.3 is 4.74 Å². The molecule has 2 amide bonds. The minimum Gasteiger partial charge on any atom is -0.435 e. The predicted octanol–water partition coefficient (Wildman–Crippen LogP) is 3.26. The summed E-state index contributed by atoms with van der Waals surface area (Å²) >= 11 is 0. The molecule has 3 rings (SSSR count). The molecule has 10 heteroatoms. The van der Waals surface area contributed by atoms with Crippen molar-refractivity contribution in [3.63, 3.8) is 0 Å². The van der Waals surface area contributed by atoms with E-state index in [0.717, 1.165) is 19.3 Å². The smallest absolute Gasteiger partial charge is 0.387 e. The van der Waals surface area contributed by atoms with E-state index < -0.39 is 18.4 Å². The largest absolute Gasteiger partial charge is 0.435 e. The molecule has 3 aromatic rings. The number of aryl methyl sites for hydroxylation is 1. The number of alkyl halides is 2. The van der Waals surface area contributed by atoms with Gasteiger partial charge in [0.1, 0.15) is 5.75 Å². The molecule has 1 heterocycles. The first kappa shape index (κ1) is 22.9. The van der Waals surface area contributed by atoms with Crippen LogP contribution in [0.15, 0.2) is 53.3 Å². The van der Waals surface area contributed by atoms with Crippen molar-refractivity contribution in [1.82, 2.24) is 20.6 Å². The maximum atomic E-state index is 12.8. The van der Waals surface area contributed by atoms with Crippen molar-refractivity contribution >= 4 is 22.6 Å². The first-order valence-electron chi connectivity index (χ1n) is 10.1. The highest BCUT2D eigenvalue weighted by Crippen LogP contribution is 2.15. The third-order valence-electron chi connectivity index (χ3n) is 4.69. The Hall–Kier alpha value is -3.82. The van der Waals surface area contributed by atoms with Gasteiger partial charge in [0.2, 0.25) is 0 Å². The first-order chi connectivity index (χ1) is 15.4. The third kappa shape index (κ3) is 5.45. The van der Waals surface area contributed by atoms with Gasteiger partial charge >= 0.3 is 6.61 Å². The number of carbonyl (C=O) groups excluding carboxylic acids is 2. The number of carbonyl (C=O) groups is 2. The van der Waals surface area contributed by atoms with Gasteiger partial charge in [0, 0.05) is 17.5 Å². The van der Waals surface area contributed by atoms with Crippen LogP contribution in [0.3, 0.4) is 0 Å². The highest BCUT2D eigenvalue weighted by molar-refractivity contribution is 6.06. The van der Waals surface area contributed by atoms with Gasteiger partial charge in [-0.05, 0) is 36.8 Å². The molecule has 0 aliphatic carbocycles. The third-order valence-corrected chi connectivity index (χ3v) is 4.69. The number of amides is 2. The lowest BCUT2D eigenvalue weighted by atomic mass is 10.1. The zero-order valence-corrected chi connectivity index (χ0v) is 17.3. The topological polar surface area (TPSA) is 102 Å². The molecule has 0 aliphatic rings. The Labute approximate surface area is 182 Å². The maximum Gasteiger partial charge on any atom is 0.387 e. The van der Waals surface area contributed by atoms with Crippen molar-refractivity contribution in [1.29, 1.82) is 0 Å². The van der Waals surface area contributed by atoms with Gasteiger partial charge in [0.15, 0.2) is 5.69 Å². The van der Waals surface area contributed by atoms with Crippen molar-refractivity contribution in [3.8, 4) is 5.75 Å². The van der Waals surface area contributed by atoms with Gasteiger partial charge in [-0.1, -0.05) is 38.0 Å². The van der Waals surface area contributed by atoms with Gasteiger partial charge in [0.05, 0.1) is 5.39 Å². The number of nitrogens with one attached hydrogen (secondary N) is 2. The number of hydrazine groups is 1. The maximum absolute atomic E-state index is 12.8. The molecule has 0 aliphatic heterocycles. The lowest BCUT2D eigenvalue weighted by Crippen LogP contribution is -2.42. The van der Waals surface area contributed by atoms with E-state index in [0.29, 0.717) is 17.3 Å². The Morgan fingerprint density at radius 2 is 1.66 bits per heavy atom. The minimum absolute atomic E-state index is 0.00215. The molecule has 0 atom stereocenters. The molecule has 0 spiro atoms. The zero-order chi connectivity index (χ0) is 23.1. The monoisotopic (exact) mass is 444 g/mol. The van der Waals surface area contributed by atoms with Crippen LogP contribution in [0.4, 0.5) is 8.78 Å². The Morgan fingerprint density at radius 3 is 2.31 bits per heavy atom. The van der Waals surface area contributed by atoms with Gasteiger partial charge in [-0.3, -0.25) is 25.2 Å². The van der Waals surface area contributed by atoms with Crippen LogP contribution in [0.25, 0.3) is 10.8 Å². The molecule has 0 saturated carbocycles. The Kier molecular flexibility index (Phi) is 7.48. The van der Waals surface area contributed by atoms with Crippen molar-refractivity contribution < 1.29 is 23.1 Å². The van der Waals surface area contributed by atoms with E-state index in [-0.39, 0.29) is 22.6 Å². The quantitative estimate of drug-likeness (QED) is 0.410. The summed E-state index contributed by atoms with van der Waals surface area (Å²) in [5.41, 5.74) is 4.37. The number of hydrogen-bond donors (Lipinski definition) is 2. The van der Waals surface area contributed by atoms with E-state index in [1.165, 1.54) is 28.9 Å². The van der Waals surface area contributed by atoms with Crippen molar-refractivity contribution in [3.05, 3.63) is 70.1 Å². The van der Waals surface area contributed by atoms with Crippen LogP contribution >= 0.6 is 0 Å². The molecule has 0 radical (unpaired) electrons. The fourth-order valence-electron chi connectivity index (χ4n) is 3.10. The number of unbranched alkanes of at least 4 members (excludes halogenated alkanes) is 2. The van der Waals surface area contributed by atoms with Gasteiger partial charge in [0.25, 0.3) is 17.4 Å². The van der Waals surface area contributed by atoms with Crippen LogP contribution in [-0.4, -0.2) is 28.2 Å². The van der Waals surface area contributed by atoms with Crippen molar-refractivity contribution in [2.24, 2.45) is 0 Å². The van der Waals surface area contributed by atoms with Crippen LogP contribution in [-0.2, 0) is 6.54 Å². The summed E-state index contributed by atoms with van der Waals surface area (Å²) in [5.74, 6) is -1.46. The van der Waals surface area contributed by atoms with Crippen LogP contribution in [0.5, 0.6) is 5.75 Å². The standard InChI is InChI=1S/C22H22F2N4O4/c1-2-3-6-13-28-21(31)17-8-5-4-7-16(17)18(27-28)20(30)26-25-19(29)14-9-11-15(12-10-14)32-22(23)24/h4-5,7-12,22H,2-3,6,13H2,1H3,(H,25,29)(H,26,30). The molecule has 2 N–H and O–H groups in total. The Bertz CT molecular complexity index is 1160. The highest BCUT2D eigenvalue weighted by atomic mass is 19.3. The lowest BCUT2D eigenvalue weighted by Gasteiger charge is -2.12. The summed E-state index contributed by atoms with van der Waals surface area (Å²) in [6, 6.07) is 11.6. The molecule has 0 saturated heterocycles. The van der Waals surface area contributed by atoms with Crippen LogP contribution in [0, 0.1) is 0 Å². The van der Waals surface area contributed by atoms with Gasteiger partial charge in [-0.2, -0.15) is 13.9 Å². The number of aromatic nitrogens is 2. The predicted molar refractivity (Wildman–Crippen MR) is 114 cm³/mol. The normalized spacial score (nSPS) is 10.9. The van der Waals surface area contributed by atoms with Crippen LogP contribution in [0.1, 0.15) is 47.0 Å². The number of nitrogens with zero attached hydrogens (tertiary/aromatic N) is 2. The molecule has 0 bridgehead atoms. The summed E-state index contributed by atoms with van der Waals surface area (Å²) in [7, 11) is 0. The van der Waals surface area contributed by atoms with E-state index in [1.54, 1.807) is 24.3 Å². The summed E-state index contributed by atoms with van der Waals surface area (Å²) in [4.78, 5) is 37.7. The molecule has 168 valence electrons. The molecule has 32 heavy (non-hydrogen) atoms. The second kappa shape index (κ2) is 10.5. The van der Waals surface area contributed by atoms with Crippen LogP contribution in [0.2, 0.25) is 0 Å². The van der Waals surface area contributed by atoms with E-state index in [4.69, 9.17) is 0 Å². The van der Waals surface area contributed by atoms with Gasteiger partial charge in [-0.25, -0.2) is 4.68 Å². The molecule has 8 nitrogen and oxygen atoms in total. The van der Waals surface area contributed by atoms with E-state index >= 15 is 0 Å². The fraction of sp³-hybridized carbons (Fsp3) is 0.273. The van der Waals surface area contributed by atoms with Gasteiger partial charge in [-0.15, -0.1) is 0 Å². The number of hydrogen-bond acceptors (Lipinski definition) is 5. The average molecular weight is 444 g/mol. The van der Waals surface area contributed by atoms with Crippen molar-refractivity contribution in [2.45, 2.75) is 39.3 Å². The number of benzene rings is 2. The lowest BCUT2D eigenvalue weighted by molar-refractivity contribution is -0.0498. The van der Waals surface area contributed by atoms with E-state index in [9.17, 15) is 23.2 Å². The fourth-order valence-corrected chi connectivity index (χ4v) is 3.10. The Morgan fingerprint density at radius 1 is 1.00 bits per heavy atom. The van der Waals surface area contributed by atoms with Crippen LogP contribution < -0.4 is 21.1 Å². The second-order valence-electron chi connectivity index (χ2n) is 6.94. The Balaban J connectivity index is 1.76. The number of fused-ring (bicyclic) bond motifs is 1. The SMILES string of the molecule is CCCCCn1nc(C(=O)NNC(=O)c2ccc(OC(F)F)cc2)c2ccccc2c1=O. The first-order valence-corrected chi connectivity index (χ1v) is 10.1. The summed E-state index contributed by atoms with van der Waals surface area (Å²) in [6.45, 7) is -0.559. The minimum atomic E-state index is -2.97. The van der Waals surface area contributed by atoms with E-state index in [2.05, 4.69) is 20.7 Å². The number of rotatable bonds is 8. The van der Waals surface area contributed by atoms with E-state index in [1.807, 2.05) is 6.92 Å². The molecule has 2 aromatic carbocycles. The molecular formula is C22H22F2N4O4. The van der Waals surface area contributed by atoms with Crippen molar-refractivity contribution in [2.75, 3.05) is 0 Å². The summed E-state index contributed by atoms with van der Waals surface area (Å²) in [5, 5.41) is 4.93.